The van der Waals surface area contributed by atoms with E-state index in [9.17, 15) is 14.4 Å². The second-order valence-corrected chi connectivity index (χ2v) is 9.84. The Bertz CT molecular complexity index is 1070. The quantitative estimate of drug-likeness (QED) is 0.608. The molecule has 0 saturated carbocycles. The first-order valence-corrected chi connectivity index (χ1v) is 12.2. The van der Waals surface area contributed by atoms with Crippen LogP contribution in [-0.4, -0.2) is 72.8 Å². The fraction of sp³-hybridized carbons (Fsp3) is 0.481. The summed E-state index contributed by atoms with van der Waals surface area (Å²) in [7, 11) is 1.53. The van der Waals surface area contributed by atoms with E-state index in [1.165, 1.54) is 13.1 Å². The molecule has 1 aliphatic heterocycles. The van der Waals surface area contributed by atoms with Gasteiger partial charge in [0.05, 0.1) is 19.3 Å². The van der Waals surface area contributed by atoms with Crippen LogP contribution in [0.2, 0.25) is 0 Å². The van der Waals surface area contributed by atoms with Crippen LogP contribution in [0, 0.1) is 0 Å². The van der Waals surface area contributed by atoms with Gasteiger partial charge in [0, 0.05) is 37.3 Å². The molecule has 1 fully saturated rings. The van der Waals surface area contributed by atoms with E-state index in [0.717, 1.165) is 5.56 Å². The van der Waals surface area contributed by atoms with Gasteiger partial charge in [-0.05, 0) is 44.9 Å². The number of hydrogen-bond donors (Lipinski definition) is 2. The zero-order valence-corrected chi connectivity index (χ0v) is 21.7. The number of carbonyl (C=O) groups is 3. The third kappa shape index (κ3) is 7.52. The number of nitrogens with one attached hydrogen (secondary N) is 2. The molecule has 0 aliphatic carbocycles. The molecule has 3 rings (SSSR count). The smallest absolute Gasteiger partial charge is 0.410 e. The Morgan fingerprint density at radius 1 is 1.17 bits per heavy atom. The Morgan fingerprint density at radius 2 is 1.89 bits per heavy atom. The Balaban J connectivity index is 1.64. The van der Waals surface area contributed by atoms with Gasteiger partial charge in [-0.25, -0.2) is 9.78 Å². The van der Waals surface area contributed by atoms with Gasteiger partial charge in [0.1, 0.15) is 11.3 Å². The molecule has 1 aromatic heterocycles. The maximum absolute atomic E-state index is 13.0. The molecule has 2 N–H and O–H groups in total. The molecule has 2 atom stereocenters. The topological polar surface area (TPSA) is 110 Å². The second kappa shape index (κ2) is 12.0. The van der Waals surface area contributed by atoms with Crippen molar-refractivity contribution in [3.63, 3.8) is 0 Å². The summed E-state index contributed by atoms with van der Waals surface area (Å²) < 4.78 is 11.2. The van der Waals surface area contributed by atoms with Crippen molar-refractivity contribution in [2.75, 3.05) is 33.3 Å². The lowest BCUT2D eigenvalue weighted by atomic mass is 9.96. The van der Waals surface area contributed by atoms with E-state index >= 15 is 0 Å². The standard InChI is InChI=1S/C27H36N4O5/c1-18(19-9-7-6-8-10-19)22-15-20(16-23(30-22)25(33)28-5)24(32)29-12-11-21-17-31(13-14-35-21)26(34)36-27(2,3)4/h6-10,15-16,18,21H,11-14,17H2,1-5H3,(H,28,33)(H,29,32). The van der Waals surface area contributed by atoms with Gasteiger partial charge in [-0.3, -0.25) is 9.59 Å². The first kappa shape index (κ1) is 27.1. The third-order valence-electron chi connectivity index (χ3n) is 5.85. The molecule has 2 heterocycles. The van der Waals surface area contributed by atoms with Gasteiger partial charge in [0.15, 0.2) is 0 Å². The monoisotopic (exact) mass is 496 g/mol. The van der Waals surface area contributed by atoms with E-state index in [0.29, 0.717) is 43.9 Å². The van der Waals surface area contributed by atoms with E-state index in [4.69, 9.17) is 9.47 Å². The van der Waals surface area contributed by atoms with Crippen LogP contribution in [0.5, 0.6) is 0 Å². The summed E-state index contributed by atoms with van der Waals surface area (Å²) >= 11 is 0. The molecule has 1 saturated heterocycles. The maximum atomic E-state index is 13.0. The molecule has 9 nitrogen and oxygen atoms in total. The molecular formula is C27H36N4O5. The van der Waals surface area contributed by atoms with Gasteiger partial charge in [0.25, 0.3) is 11.8 Å². The predicted octanol–water partition coefficient (Wildman–Crippen LogP) is 3.35. The Kier molecular flexibility index (Phi) is 9.03. The molecule has 194 valence electrons. The van der Waals surface area contributed by atoms with E-state index < -0.39 is 5.60 Å². The summed E-state index contributed by atoms with van der Waals surface area (Å²) in [6.45, 7) is 9.13. The molecule has 1 aromatic carbocycles. The van der Waals surface area contributed by atoms with Crippen LogP contribution in [-0.2, 0) is 9.47 Å². The lowest BCUT2D eigenvalue weighted by Gasteiger charge is -2.34. The predicted molar refractivity (Wildman–Crippen MR) is 136 cm³/mol. The number of aromatic nitrogens is 1. The molecule has 0 bridgehead atoms. The van der Waals surface area contributed by atoms with Crippen LogP contribution in [0.15, 0.2) is 42.5 Å². The SMILES string of the molecule is CNC(=O)c1cc(C(=O)NCCC2CN(C(=O)OC(C)(C)C)CCO2)cc(C(C)c2ccccc2)n1. The van der Waals surface area contributed by atoms with Crippen molar-refractivity contribution < 1.29 is 23.9 Å². The van der Waals surface area contributed by atoms with Crippen molar-refractivity contribution in [1.29, 1.82) is 0 Å². The molecule has 2 unspecified atom stereocenters. The van der Waals surface area contributed by atoms with Crippen molar-refractivity contribution >= 4 is 17.9 Å². The number of benzene rings is 1. The first-order valence-electron chi connectivity index (χ1n) is 12.2. The summed E-state index contributed by atoms with van der Waals surface area (Å²) in [5.41, 5.74) is 1.66. The average molecular weight is 497 g/mol. The average Bonchev–Trinajstić information content (AvgIpc) is 2.87. The molecule has 0 spiro atoms. The maximum Gasteiger partial charge on any atom is 0.410 e. The number of pyridine rings is 1. The number of nitrogens with zero attached hydrogens (tertiary/aromatic N) is 2. The number of amides is 3. The fourth-order valence-electron chi connectivity index (χ4n) is 3.90. The van der Waals surface area contributed by atoms with E-state index in [-0.39, 0.29) is 35.6 Å². The lowest BCUT2D eigenvalue weighted by molar-refractivity contribution is -0.0440. The van der Waals surface area contributed by atoms with Crippen LogP contribution in [0.3, 0.4) is 0 Å². The first-order chi connectivity index (χ1) is 17.1. The highest BCUT2D eigenvalue weighted by Gasteiger charge is 2.28. The summed E-state index contributed by atoms with van der Waals surface area (Å²) in [6.07, 6.45) is -0.0383. The van der Waals surface area contributed by atoms with Crippen LogP contribution >= 0.6 is 0 Å². The fourth-order valence-corrected chi connectivity index (χ4v) is 3.90. The van der Waals surface area contributed by atoms with Gasteiger partial charge in [-0.15, -0.1) is 0 Å². The number of carbonyl (C=O) groups excluding carboxylic acids is 3. The number of morpholine rings is 1. The molecule has 1 aliphatic rings. The number of hydrogen-bond acceptors (Lipinski definition) is 6. The highest BCUT2D eigenvalue weighted by Crippen LogP contribution is 2.24. The van der Waals surface area contributed by atoms with Crippen LogP contribution in [0.25, 0.3) is 0 Å². The van der Waals surface area contributed by atoms with Crippen molar-refractivity contribution in [2.45, 2.75) is 51.7 Å². The minimum absolute atomic E-state index is 0.100. The van der Waals surface area contributed by atoms with E-state index in [2.05, 4.69) is 15.6 Å². The van der Waals surface area contributed by atoms with Crippen molar-refractivity contribution in [1.82, 2.24) is 20.5 Å². The van der Waals surface area contributed by atoms with Gasteiger partial charge in [-0.2, -0.15) is 0 Å². The normalized spacial score (nSPS) is 16.7. The minimum Gasteiger partial charge on any atom is -0.444 e. The van der Waals surface area contributed by atoms with Crippen LogP contribution in [0.1, 0.15) is 72.1 Å². The van der Waals surface area contributed by atoms with Gasteiger partial charge in [-0.1, -0.05) is 37.3 Å². The van der Waals surface area contributed by atoms with E-state index in [1.54, 1.807) is 11.0 Å². The zero-order chi connectivity index (χ0) is 26.3. The van der Waals surface area contributed by atoms with Crippen molar-refractivity contribution in [3.05, 3.63) is 65.0 Å². The van der Waals surface area contributed by atoms with E-state index in [1.807, 2.05) is 58.0 Å². The van der Waals surface area contributed by atoms with Gasteiger partial charge >= 0.3 is 6.09 Å². The molecule has 36 heavy (non-hydrogen) atoms. The van der Waals surface area contributed by atoms with Crippen molar-refractivity contribution in [2.24, 2.45) is 0 Å². The summed E-state index contributed by atoms with van der Waals surface area (Å²) in [5.74, 6) is -0.760. The molecular weight excluding hydrogens is 460 g/mol. The summed E-state index contributed by atoms with van der Waals surface area (Å²) in [5, 5.41) is 5.48. The lowest BCUT2D eigenvalue weighted by Crippen LogP contribution is -2.48. The minimum atomic E-state index is -0.562. The number of rotatable bonds is 7. The highest BCUT2D eigenvalue weighted by atomic mass is 16.6. The largest absolute Gasteiger partial charge is 0.444 e. The summed E-state index contributed by atoms with van der Waals surface area (Å²) in [6, 6.07) is 13.0. The van der Waals surface area contributed by atoms with Crippen LogP contribution in [0.4, 0.5) is 4.79 Å². The molecule has 2 aromatic rings. The van der Waals surface area contributed by atoms with Crippen molar-refractivity contribution in [3.8, 4) is 0 Å². The Morgan fingerprint density at radius 3 is 2.56 bits per heavy atom. The molecule has 9 heteroatoms. The third-order valence-corrected chi connectivity index (χ3v) is 5.85. The number of ether oxygens (including phenoxy) is 2. The zero-order valence-electron chi connectivity index (χ0n) is 21.7. The van der Waals surface area contributed by atoms with Crippen LogP contribution < -0.4 is 10.6 Å². The second-order valence-electron chi connectivity index (χ2n) is 9.84. The molecule has 3 amide bonds. The summed E-state index contributed by atoms with van der Waals surface area (Å²) in [4.78, 5) is 43.8. The van der Waals surface area contributed by atoms with Gasteiger partial charge < -0.3 is 25.0 Å². The Labute approximate surface area is 212 Å². The molecule has 0 radical (unpaired) electrons. The highest BCUT2D eigenvalue weighted by molar-refractivity contribution is 5.98. The van der Waals surface area contributed by atoms with Gasteiger partial charge in [0.2, 0.25) is 0 Å². The Hall–Kier alpha value is -3.46.